The van der Waals surface area contributed by atoms with Gasteiger partial charge in [-0.2, -0.15) is 0 Å². The fraction of sp³-hybridized carbons (Fsp3) is 0.833. The summed E-state index contributed by atoms with van der Waals surface area (Å²) < 4.78 is 24.8. The van der Waals surface area contributed by atoms with Gasteiger partial charge in [-0.3, -0.25) is 19.2 Å². The molecule has 5 amide bonds. The summed E-state index contributed by atoms with van der Waals surface area (Å²) in [5.41, 5.74) is 2.34. The molecule has 0 radical (unpaired) electrons. The lowest BCUT2D eigenvalue weighted by Gasteiger charge is -2.36. The largest absolute Gasteiger partial charge is 0.363 e. The summed E-state index contributed by atoms with van der Waals surface area (Å²) in [6, 6.07) is -3.68. The zero-order valence-corrected chi connectivity index (χ0v) is 27.6. The van der Waals surface area contributed by atoms with Crippen molar-refractivity contribution in [3.63, 3.8) is 0 Å². The number of nitrogens with zero attached hydrogens (tertiary/aromatic N) is 1. The molecule has 2 aliphatic carbocycles. The van der Waals surface area contributed by atoms with E-state index in [2.05, 4.69) is 16.0 Å². The number of nitrogens with two attached hydrogens (primary N) is 1. The van der Waals surface area contributed by atoms with E-state index in [-0.39, 0.29) is 36.8 Å². The zero-order valence-electron chi connectivity index (χ0n) is 26.8. The number of hydrogen-bond acceptors (Lipinski definition) is 7. The standard InChI is InChI=1S/C30H49N5O7S/c1-26(2,3)21(33-25(40)34-27(4,5)6)24(39)35-14-29(28(7,8)30(29)15-43(41,42)16-30)13-19(35)23(38)32-18(20(36)22(31)37)12-17-10-9-11-17/h17-19,21H,9-16H2,1-8H3,(H2,31,37)(H,32,38)(H2,33,34,40)/t18?,19-,21+,29+/m0/s1. The van der Waals surface area contributed by atoms with Gasteiger partial charge in [-0.15, -0.1) is 0 Å². The van der Waals surface area contributed by atoms with E-state index in [0.29, 0.717) is 0 Å². The lowest BCUT2D eigenvalue weighted by atomic mass is 9.80. The molecule has 2 aliphatic heterocycles. The van der Waals surface area contributed by atoms with Crippen LogP contribution in [0.25, 0.3) is 0 Å². The third-order valence-corrected chi connectivity index (χ3v) is 12.5. The number of amides is 5. The van der Waals surface area contributed by atoms with Crippen molar-refractivity contribution in [2.24, 2.45) is 33.3 Å². The lowest BCUT2D eigenvalue weighted by molar-refractivity contribution is -0.143. The average molecular weight is 624 g/mol. The fourth-order valence-electron chi connectivity index (χ4n) is 7.83. The summed E-state index contributed by atoms with van der Waals surface area (Å²) in [5, 5.41) is 8.37. The van der Waals surface area contributed by atoms with E-state index in [4.69, 9.17) is 5.73 Å². The van der Waals surface area contributed by atoms with Crippen molar-refractivity contribution in [3.8, 4) is 0 Å². The van der Waals surface area contributed by atoms with Gasteiger partial charge in [0.1, 0.15) is 12.1 Å². The van der Waals surface area contributed by atoms with Crippen molar-refractivity contribution in [1.29, 1.82) is 0 Å². The van der Waals surface area contributed by atoms with Crippen LogP contribution in [0.3, 0.4) is 0 Å². The van der Waals surface area contributed by atoms with Crippen LogP contribution in [0, 0.1) is 27.6 Å². The Kier molecular flexibility index (Phi) is 8.06. The third kappa shape index (κ3) is 5.78. The highest BCUT2D eigenvalue weighted by molar-refractivity contribution is 7.92. The monoisotopic (exact) mass is 623 g/mol. The number of carbonyl (C=O) groups is 5. The lowest BCUT2D eigenvalue weighted by Crippen LogP contribution is -2.61. The van der Waals surface area contributed by atoms with E-state index in [1.165, 1.54) is 4.90 Å². The van der Waals surface area contributed by atoms with Crippen LogP contribution < -0.4 is 21.7 Å². The van der Waals surface area contributed by atoms with Crippen molar-refractivity contribution < 1.29 is 32.4 Å². The Morgan fingerprint density at radius 3 is 1.98 bits per heavy atom. The molecule has 4 aliphatic rings. The van der Waals surface area contributed by atoms with Crippen LogP contribution in [0.15, 0.2) is 0 Å². The summed E-state index contributed by atoms with van der Waals surface area (Å²) in [4.78, 5) is 67.4. The van der Waals surface area contributed by atoms with Crippen LogP contribution in [0.1, 0.15) is 87.5 Å². The van der Waals surface area contributed by atoms with E-state index in [0.717, 1.165) is 19.3 Å². The molecule has 2 saturated heterocycles. The second-order valence-corrected chi connectivity index (χ2v) is 18.0. The number of rotatable bonds is 8. The number of urea groups is 1. The molecule has 0 aromatic rings. The minimum Gasteiger partial charge on any atom is -0.363 e. The Labute approximate surface area is 254 Å². The molecule has 2 saturated carbocycles. The van der Waals surface area contributed by atoms with E-state index >= 15 is 0 Å². The van der Waals surface area contributed by atoms with Crippen molar-refractivity contribution in [1.82, 2.24) is 20.9 Å². The molecule has 1 unspecified atom stereocenters. The van der Waals surface area contributed by atoms with E-state index in [1.807, 2.05) is 55.4 Å². The van der Waals surface area contributed by atoms with Crippen LogP contribution in [-0.2, 0) is 29.0 Å². The van der Waals surface area contributed by atoms with Gasteiger partial charge < -0.3 is 26.6 Å². The van der Waals surface area contributed by atoms with Crippen LogP contribution in [0.5, 0.6) is 0 Å². The van der Waals surface area contributed by atoms with Crippen molar-refractivity contribution in [3.05, 3.63) is 0 Å². The first-order valence-corrected chi connectivity index (χ1v) is 17.0. The number of ketones is 1. The Morgan fingerprint density at radius 1 is 0.953 bits per heavy atom. The molecule has 4 fully saturated rings. The molecule has 4 atom stereocenters. The van der Waals surface area contributed by atoms with E-state index in [1.54, 1.807) is 0 Å². The molecule has 4 rings (SSSR count). The van der Waals surface area contributed by atoms with Gasteiger partial charge in [-0.05, 0) is 50.4 Å². The first kappa shape index (κ1) is 33.2. The van der Waals surface area contributed by atoms with Gasteiger partial charge in [0.25, 0.3) is 5.91 Å². The Balaban J connectivity index is 1.67. The Bertz CT molecular complexity index is 1310. The molecule has 0 bridgehead atoms. The summed E-state index contributed by atoms with van der Waals surface area (Å²) in [6.45, 7) is 15.0. The summed E-state index contributed by atoms with van der Waals surface area (Å²) >= 11 is 0. The quantitative estimate of drug-likeness (QED) is 0.293. The average Bonchev–Trinajstić information content (AvgIpc) is 3.08. The molecule has 5 N–H and O–H groups in total. The van der Waals surface area contributed by atoms with Gasteiger partial charge in [-0.1, -0.05) is 53.9 Å². The maximum Gasteiger partial charge on any atom is 0.315 e. The van der Waals surface area contributed by atoms with Crippen LogP contribution >= 0.6 is 0 Å². The van der Waals surface area contributed by atoms with Crippen LogP contribution in [-0.4, -0.2) is 84.6 Å². The molecule has 0 aromatic heterocycles. The third-order valence-electron chi connectivity index (χ3n) is 10.7. The minimum atomic E-state index is -3.22. The first-order valence-electron chi connectivity index (χ1n) is 15.2. The smallest absolute Gasteiger partial charge is 0.315 e. The van der Waals surface area contributed by atoms with Crippen molar-refractivity contribution in [2.45, 2.75) is 111 Å². The van der Waals surface area contributed by atoms with Gasteiger partial charge in [0.15, 0.2) is 9.84 Å². The fourth-order valence-corrected chi connectivity index (χ4v) is 10.5. The minimum absolute atomic E-state index is 0.0111. The molecule has 242 valence electrons. The Hall–Kier alpha value is -2.70. The predicted octanol–water partition coefficient (Wildman–Crippen LogP) is 1.27. The zero-order chi connectivity index (χ0) is 32.6. The molecule has 2 heterocycles. The first-order chi connectivity index (χ1) is 19.5. The van der Waals surface area contributed by atoms with Gasteiger partial charge in [0.2, 0.25) is 17.6 Å². The van der Waals surface area contributed by atoms with Gasteiger partial charge in [0.05, 0.1) is 17.5 Å². The molecule has 2 spiro atoms. The second-order valence-electron chi connectivity index (χ2n) is 16.0. The number of hydrogen-bond donors (Lipinski definition) is 4. The topological polar surface area (TPSA) is 185 Å². The summed E-state index contributed by atoms with van der Waals surface area (Å²) in [7, 11) is -3.22. The summed E-state index contributed by atoms with van der Waals surface area (Å²) in [5.74, 6) is -2.91. The molecular weight excluding hydrogens is 574 g/mol. The number of fused-ring (bicyclic) bond motifs is 1. The maximum absolute atomic E-state index is 14.4. The highest BCUT2D eigenvalue weighted by atomic mass is 32.2. The number of nitrogens with one attached hydrogen (secondary N) is 3. The van der Waals surface area contributed by atoms with Crippen molar-refractivity contribution in [2.75, 3.05) is 18.1 Å². The normalized spacial score (nSPS) is 28.3. The molecule has 13 heteroatoms. The van der Waals surface area contributed by atoms with Gasteiger partial charge in [0, 0.05) is 22.9 Å². The maximum atomic E-state index is 14.4. The highest BCUT2D eigenvalue weighted by Crippen LogP contribution is 2.85. The molecular formula is C30H49N5O7S. The van der Waals surface area contributed by atoms with Crippen molar-refractivity contribution >= 4 is 39.4 Å². The number of carbonyl (C=O) groups excluding carboxylic acids is 5. The highest BCUT2D eigenvalue weighted by Gasteiger charge is 2.88. The van der Waals surface area contributed by atoms with E-state index < -0.39 is 84.7 Å². The number of sulfone groups is 1. The molecule has 0 aromatic carbocycles. The molecule has 12 nitrogen and oxygen atoms in total. The Morgan fingerprint density at radius 2 is 1.53 bits per heavy atom. The predicted molar refractivity (Wildman–Crippen MR) is 160 cm³/mol. The number of Topliss-reactive ketones (excluding diaryl/α,β-unsaturated/α-hetero) is 1. The van der Waals surface area contributed by atoms with E-state index in [9.17, 15) is 32.4 Å². The van der Waals surface area contributed by atoms with Gasteiger partial charge in [-0.25, -0.2) is 13.2 Å². The summed E-state index contributed by atoms with van der Waals surface area (Å²) in [6.07, 6.45) is 3.27. The van der Waals surface area contributed by atoms with Gasteiger partial charge >= 0.3 is 6.03 Å². The molecule has 43 heavy (non-hydrogen) atoms. The SMILES string of the molecule is CC(C)(C)NC(=O)N[C@H](C(=O)N1C[C@]2(C[C@H]1C(=O)NC(CC1CCC1)C(=O)C(N)=O)C(C)(C)C21CS(=O)(=O)C1)C(C)(C)C. The number of likely N-dealkylation sites (tertiary alicyclic amines) is 1. The van der Waals surface area contributed by atoms with Crippen LogP contribution in [0.4, 0.5) is 4.79 Å². The van der Waals surface area contributed by atoms with Crippen LogP contribution in [0.2, 0.25) is 0 Å². The second kappa shape index (κ2) is 10.4. The number of primary amides is 1.